The van der Waals surface area contributed by atoms with E-state index < -0.39 is 0 Å². The van der Waals surface area contributed by atoms with Crippen molar-refractivity contribution in [2.75, 3.05) is 7.11 Å². The van der Waals surface area contributed by atoms with Gasteiger partial charge in [-0.1, -0.05) is 12.6 Å². The minimum Gasteiger partial charge on any atom is -0.497 e. The van der Waals surface area contributed by atoms with E-state index >= 15 is 0 Å². The quantitative estimate of drug-likeness (QED) is 0.344. The molecule has 0 fully saturated rings. The number of hydroxylamine groups is 1. The van der Waals surface area contributed by atoms with Gasteiger partial charge in [0, 0.05) is 6.20 Å². The Bertz CT molecular complexity index is 441. The zero-order chi connectivity index (χ0) is 12.7. The van der Waals surface area contributed by atoms with Gasteiger partial charge in [-0.15, -0.1) is 0 Å². The van der Waals surface area contributed by atoms with E-state index in [4.69, 9.17) is 9.94 Å². The van der Waals surface area contributed by atoms with Crippen LogP contribution < -0.4 is 5.48 Å². The SMILES string of the molecule is B/C(=C/C(=C\C(=C)c1ccccn1)OC)NO. The minimum absolute atomic E-state index is 0.576. The summed E-state index contributed by atoms with van der Waals surface area (Å²) in [7, 11) is 3.27. The highest BCUT2D eigenvalue weighted by molar-refractivity contribution is 6.21. The largest absolute Gasteiger partial charge is 0.497 e. The van der Waals surface area contributed by atoms with E-state index in [1.165, 1.54) is 0 Å². The summed E-state index contributed by atoms with van der Waals surface area (Å²) in [6.07, 6.45) is 5.12. The van der Waals surface area contributed by atoms with Crippen molar-refractivity contribution >= 4 is 13.4 Å². The van der Waals surface area contributed by atoms with Crippen molar-refractivity contribution in [3.63, 3.8) is 0 Å². The summed E-state index contributed by atoms with van der Waals surface area (Å²) in [5, 5.41) is 8.69. The third-order valence-corrected chi connectivity index (χ3v) is 2.08. The smallest absolute Gasteiger partial charge is 0.163 e. The van der Waals surface area contributed by atoms with Crippen LogP contribution in [0.15, 0.2) is 54.5 Å². The van der Waals surface area contributed by atoms with Crippen LogP contribution in [0.25, 0.3) is 5.57 Å². The summed E-state index contributed by atoms with van der Waals surface area (Å²) in [4.78, 5) is 4.18. The molecule has 4 nitrogen and oxygen atoms in total. The molecule has 5 heteroatoms. The topological polar surface area (TPSA) is 54.4 Å². The molecule has 0 aromatic carbocycles. The van der Waals surface area contributed by atoms with E-state index in [-0.39, 0.29) is 0 Å². The van der Waals surface area contributed by atoms with Gasteiger partial charge < -0.3 is 4.74 Å². The number of nitrogens with one attached hydrogen (secondary N) is 1. The van der Waals surface area contributed by atoms with E-state index in [1.807, 2.05) is 23.7 Å². The maximum atomic E-state index is 8.69. The summed E-state index contributed by atoms with van der Waals surface area (Å²) >= 11 is 0. The third-order valence-electron chi connectivity index (χ3n) is 2.08. The number of rotatable bonds is 5. The molecule has 88 valence electrons. The molecule has 1 rings (SSSR count). The van der Waals surface area contributed by atoms with Crippen LogP contribution >= 0.6 is 0 Å². The van der Waals surface area contributed by atoms with Crippen molar-refractivity contribution in [3.05, 3.63) is 60.2 Å². The third kappa shape index (κ3) is 4.16. The highest BCUT2D eigenvalue weighted by Crippen LogP contribution is 2.13. The zero-order valence-corrected chi connectivity index (χ0v) is 9.97. The lowest BCUT2D eigenvalue weighted by atomic mass is 10.0. The van der Waals surface area contributed by atoms with Crippen molar-refractivity contribution in [3.8, 4) is 0 Å². The maximum Gasteiger partial charge on any atom is 0.163 e. The Morgan fingerprint density at radius 3 is 2.82 bits per heavy atom. The van der Waals surface area contributed by atoms with E-state index in [1.54, 1.807) is 33.3 Å². The molecule has 17 heavy (non-hydrogen) atoms. The van der Waals surface area contributed by atoms with Crippen molar-refractivity contribution in [1.82, 2.24) is 10.5 Å². The summed E-state index contributed by atoms with van der Waals surface area (Å²) in [5.74, 6) is 0.583. The molecule has 0 aliphatic carbocycles. The Kier molecular flexibility index (Phi) is 5.03. The second-order valence-corrected chi connectivity index (χ2v) is 3.43. The van der Waals surface area contributed by atoms with Crippen LogP contribution in [0.1, 0.15) is 5.69 Å². The van der Waals surface area contributed by atoms with Crippen molar-refractivity contribution < 1.29 is 9.94 Å². The lowest BCUT2D eigenvalue weighted by Gasteiger charge is -2.05. The molecule has 0 atom stereocenters. The number of nitrogens with zero attached hydrogens (tertiary/aromatic N) is 1. The molecule has 0 spiro atoms. The number of allylic oxidation sites excluding steroid dienone is 3. The molecular weight excluding hydrogens is 215 g/mol. The van der Waals surface area contributed by atoms with Gasteiger partial charge in [0.15, 0.2) is 7.85 Å². The number of aromatic nitrogens is 1. The minimum atomic E-state index is 0.576. The van der Waals surface area contributed by atoms with Crippen molar-refractivity contribution in [2.45, 2.75) is 0 Å². The summed E-state index contributed by atoms with van der Waals surface area (Å²) in [6, 6.07) is 5.61. The summed E-state index contributed by atoms with van der Waals surface area (Å²) in [5.41, 5.74) is 4.14. The number of ether oxygens (including phenoxy) is 1. The highest BCUT2D eigenvalue weighted by atomic mass is 16.5. The van der Waals surface area contributed by atoms with Crippen LogP contribution in [0, 0.1) is 0 Å². The standard InChI is InChI=1S/C12H15BN2O2/c1-9(11-5-3-4-6-14-11)7-10(17-2)8-12(13)15-16/h3-8,15-16H,1,13H2,2H3/b10-7+,12-8-. The fourth-order valence-electron chi connectivity index (χ4n) is 1.20. The predicted octanol–water partition coefficient (Wildman–Crippen LogP) is 1.08. The van der Waals surface area contributed by atoms with Crippen LogP contribution in [-0.4, -0.2) is 25.1 Å². The van der Waals surface area contributed by atoms with Crippen molar-refractivity contribution in [1.29, 1.82) is 0 Å². The van der Waals surface area contributed by atoms with E-state index in [2.05, 4.69) is 11.6 Å². The second kappa shape index (κ2) is 6.55. The second-order valence-electron chi connectivity index (χ2n) is 3.43. The van der Waals surface area contributed by atoms with Gasteiger partial charge in [-0.3, -0.25) is 15.7 Å². The summed E-state index contributed by atoms with van der Waals surface area (Å²) < 4.78 is 5.16. The Hall–Kier alpha value is -2.01. The van der Waals surface area contributed by atoms with Gasteiger partial charge in [-0.2, -0.15) is 0 Å². The van der Waals surface area contributed by atoms with Gasteiger partial charge in [-0.05, 0) is 35.5 Å². The first-order chi connectivity index (χ1) is 8.17. The first-order valence-electron chi connectivity index (χ1n) is 5.11. The molecule has 1 heterocycles. The van der Waals surface area contributed by atoms with Gasteiger partial charge >= 0.3 is 0 Å². The van der Waals surface area contributed by atoms with Gasteiger partial charge in [0.05, 0.1) is 12.8 Å². The van der Waals surface area contributed by atoms with Gasteiger partial charge in [0.25, 0.3) is 0 Å². The van der Waals surface area contributed by atoms with Crippen molar-refractivity contribution in [2.24, 2.45) is 0 Å². The molecule has 0 bridgehead atoms. The first kappa shape index (κ1) is 13.1. The molecule has 0 aliphatic rings. The Balaban J connectivity index is 2.90. The highest BCUT2D eigenvalue weighted by Gasteiger charge is 1.99. The Morgan fingerprint density at radius 1 is 1.53 bits per heavy atom. The molecule has 1 aromatic rings. The van der Waals surface area contributed by atoms with Crippen LogP contribution in [-0.2, 0) is 4.74 Å². The molecular formula is C12H15BN2O2. The monoisotopic (exact) mass is 230 g/mol. The van der Waals surface area contributed by atoms with Crippen LogP contribution in [0.4, 0.5) is 0 Å². The fraction of sp³-hybridized carbons (Fsp3) is 0.0833. The average Bonchev–Trinajstić information content (AvgIpc) is 2.38. The number of methoxy groups -OCH3 is 1. The van der Waals surface area contributed by atoms with E-state index in [0.29, 0.717) is 11.4 Å². The Morgan fingerprint density at radius 2 is 2.29 bits per heavy atom. The fourth-order valence-corrected chi connectivity index (χ4v) is 1.20. The number of pyridine rings is 1. The van der Waals surface area contributed by atoms with E-state index in [0.717, 1.165) is 11.3 Å². The number of hydrogen-bond donors (Lipinski definition) is 2. The normalized spacial score (nSPS) is 12.1. The van der Waals surface area contributed by atoms with Crippen LogP contribution in [0.3, 0.4) is 0 Å². The lowest BCUT2D eigenvalue weighted by molar-refractivity contribution is 0.208. The maximum absolute atomic E-state index is 8.69. The van der Waals surface area contributed by atoms with Crippen LogP contribution in [0.2, 0.25) is 0 Å². The van der Waals surface area contributed by atoms with Gasteiger partial charge in [0.1, 0.15) is 5.76 Å². The van der Waals surface area contributed by atoms with Gasteiger partial charge in [-0.25, -0.2) is 0 Å². The lowest BCUT2D eigenvalue weighted by Crippen LogP contribution is -2.06. The first-order valence-corrected chi connectivity index (χ1v) is 5.11. The molecule has 0 saturated carbocycles. The summed E-state index contributed by atoms with van der Waals surface area (Å²) in [6.45, 7) is 3.91. The molecule has 0 unspecified atom stereocenters. The average molecular weight is 230 g/mol. The molecule has 0 radical (unpaired) electrons. The molecule has 0 saturated heterocycles. The van der Waals surface area contributed by atoms with Crippen LogP contribution in [0.5, 0.6) is 0 Å². The van der Waals surface area contributed by atoms with Gasteiger partial charge in [0.2, 0.25) is 0 Å². The molecule has 0 amide bonds. The molecule has 0 aliphatic heterocycles. The molecule has 2 N–H and O–H groups in total. The predicted molar refractivity (Wildman–Crippen MR) is 69.9 cm³/mol. The van der Waals surface area contributed by atoms with E-state index in [9.17, 15) is 0 Å². The molecule has 1 aromatic heterocycles. The number of hydrogen-bond acceptors (Lipinski definition) is 4. The Labute approximate surface area is 102 Å². The zero-order valence-electron chi connectivity index (χ0n) is 9.97.